The van der Waals surface area contributed by atoms with Crippen LogP contribution in [-0.4, -0.2) is 23.1 Å². The molecule has 0 spiro atoms. The van der Waals surface area contributed by atoms with Crippen LogP contribution in [0.5, 0.6) is 0 Å². The first-order chi connectivity index (χ1) is 8.03. The zero-order valence-corrected chi connectivity index (χ0v) is 5.38. The maximum absolute atomic E-state index is 7.89. The summed E-state index contributed by atoms with van der Waals surface area (Å²) in [5.74, 6) is -2.90. The average molecular weight is 158 g/mol. The van der Waals surface area contributed by atoms with Crippen LogP contribution < -0.4 is 5.73 Å². The Bertz CT molecular complexity index is 506. The molecule has 1 aliphatic rings. The molecule has 1 aromatic rings. The fourth-order valence-corrected chi connectivity index (χ4v) is 0.587. The van der Waals surface area contributed by atoms with Gasteiger partial charge >= 0.3 is 0 Å². The maximum Gasteiger partial charge on any atom is 0.141 e. The molecule has 0 radical (unpaired) electrons. The van der Waals surface area contributed by atoms with Crippen molar-refractivity contribution in [2.45, 2.75) is 5.89 Å². The van der Waals surface area contributed by atoms with Crippen LogP contribution in [0.1, 0.15) is 21.2 Å². The van der Waals surface area contributed by atoms with Gasteiger partial charge in [0.1, 0.15) is 5.82 Å². The van der Waals surface area contributed by atoms with E-state index in [2.05, 4.69) is 14.7 Å². The second-order valence-electron chi connectivity index (χ2n) is 1.86. The number of aromatic nitrogens is 2. The van der Waals surface area contributed by atoms with Crippen LogP contribution in [-0.2, 0) is 4.74 Å². The molecule has 4 nitrogen and oxygen atoms in total. The van der Waals surface area contributed by atoms with Gasteiger partial charge in [-0.3, -0.25) is 4.98 Å². The number of hydrogen-bond donors (Lipinski definition) is 1. The molecule has 0 aliphatic carbocycles. The molecule has 11 heavy (non-hydrogen) atoms. The summed E-state index contributed by atoms with van der Waals surface area (Å²) in [6.45, 7) is -5.33. The van der Waals surface area contributed by atoms with E-state index >= 15 is 0 Å². The van der Waals surface area contributed by atoms with Gasteiger partial charge in [-0.1, -0.05) is 0 Å². The van der Waals surface area contributed by atoms with Gasteiger partial charge in [-0.2, -0.15) is 0 Å². The largest absolute Gasteiger partial charge is 0.382 e. The molecule has 0 unspecified atom stereocenters. The Morgan fingerprint density at radius 1 is 1.73 bits per heavy atom. The predicted molar refractivity (Wildman–Crippen MR) is 40.0 cm³/mol. The second-order valence-corrected chi connectivity index (χ2v) is 1.86. The van der Waals surface area contributed by atoms with E-state index < -0.39 is 37.1 Å². The molecule has 0 amide bonds. The van der Waals surface area contributed by atoms with Gasteiger partial charge in [0.25, 0.3) is 0 Å². The highest BCUT2D eigenvalue weighted by Gasteiger charge is 2.21. The first kappa shape index (κ1) is 2.42. The Hall–Kier alpha value is -1.16. The third-order valence-electron chi connectivity index (χ3n) is 1.11. The third kappa shape index (κ3) is 1.17. The molecule has 0 saturated carbocycles. The van der Waals surface area contributed by atoms with E-state index in [4.69, 9.17) is 15.3 Å². The highest BCUT2D eigenvalue weighted by molar-refractivity contribution is 5.24. The average Bonchev–Trinajstić information content (AvgIpc) is 2.20. The fraction of sp³-hybridized carbons (Fsp3) is 0.429. The van der Waals surface area contributed by atoms with Crippen LogP contribution >= 0.6 is 0 Å². The van der Waals surface area contributed by atoms with Gasteiger partial charge in [0.15, 0.2) is 0 Å². The molecule has 1 aliphatic heterocycles. The maximum atomic E-state index is 7.89. The first-order valence-electron chi connectivity index (χ1n) is 6.34. The first-order valence-corrected chi connectivity index (χ1v) is 2.84. The van der Waals surface area contributed by atoms with E-state index in [1.165, 1.54) is 0 Å². The zero-order valence-electron chi connectivity index (χ0n) is 12.4. The molecule has 1 aromatic heterocycles. The minimum atomic E-state index is -2.66. The standard InChI is InChI=1S/C7H9N3O/c8-7-2-9-6(1-10-7)5-3-11-4-5/h1-2,5H,3-4H2,(H2,8,10)/i1D,2D,3D2,4D2,5D. The molecule has 1 saturated heterocycles. The Morgan fingerprint density at radius 3 is 3.27 bits per heavy atom. The number of rotatable bonds is 1. The SMILES string of the molecule is [2H]c1nc(C2([2H])C([2H])([2H])OC2([2H])[2H])c([2H])nc1N. The van der Waals surface area contributed by atoms with Crippen molar-refractivity contribution >= 4 is 5.82 Å². The zero-order chi connectivity index (χ0) is 13.9. The molecule has 2 N–H and O–H groups in total. The molecular formula is C7H9N3O. The summed E-state index contributed by atoms with van der Waals surface area (Å²) in [5, 5.41) is 0. The van der Waals surface area contributed by atoms with E-state index in [0.717, 1.165) is 0 Å². The number of nitrogen functional groups attached to an aromatic ring is 1. The van der Waals surface area contributed by atoms with Crippen LogP contribution in [0.15, 0.2) is 12.3 Å². The molecule has 58 valence electrons. The topological polar surface area (TPSA) is 61.0 Å². The third-order valence-corrected chi connectivity index (χ3v) is 1.11. The van der Waals surface area contributed by atoms with Gasteiger partial charge in [-0.15, -0.1) is 0 Å². The minimum absolute atomic E-state index is 0.339. The fourth-order valence-electron chi connectivity index (χ4n) is 0.587. The van der Waals surface area contributed by atoms with Gasteiger partial charge in [0, 0.05) is 7.26 Å². The molecule has 0 bridgehead atoms. The summed E-state index contributed by atoms with van der Waals surface area (Å²) >= 11 is 0. The Balaban J connectivity index is 2.64. The van der Waals surface area contributed by atoms with Crippen molar-refractivity contribution in [3.8, 4) is 0 Å². The lowest BCUT2D eigenvalue weighted by molar-refractivity contribution is 0.00657. The van der Waals surface area contributed by atoms with E-state index in [9.17, 15) is 0 Å². The molecule has 0 atom stereocenters. The van der Waals surface area contributed by atoms with E-state index in [1.807, 2.05) is 0 Å². The molecular weight excluding hydrogens is 142 g/mol. The van der Waals surface area contributed by atoms with Crippen LogP contribution in [0.4, 0.5) is 5.82 Å². The molecule has 2 heterocycles. The van der Waals surface area contributed by atoms with E-state index in [-0.39, 0.29) is 5.82 Å². The van der Waals surface area contributed by atoms with Crippen LogP contribution in [0, 0.1) is 0 Å². The highest BCUT2D eigenvalue weighted by Crippen LogP contribution is 2.20. The summed E-state index contributed by atoms with van der Waals surface area (Å²) in [7, 11) is 0. The van der Waals surface area contributed by atoms with E-state index in [1.54, 1.807) is 0 Å². The summed E-state index contributed by atoms with van der Waals surface area (Å²) in [4.78, 5) is 6.94. The van der Waals surface area contributed by atoms with Crippen LogP contribution in [0.2, 0.25) is 0 Å². The van der Waals surface area contributed by atoms with Crippen molar-refractivity contribution in [3.63, 3.8) is 0 Å². The number of nitrogens with two attached hydrogens (primary N) is 1. The lowest BCUT2D eigenvalue weighted by Crippen LogP contribution is -2.26. The van der Waals surface area contributed by atoms with Gasteiger partial charge in [-0.25, -0.2) is 4.98 Å². The van der Waals surface area contributed by atoms with Crippen LogP contribution in [0.3, 0.4) is 0 Å². The van der Waals surface area contributed by atoms with Crippen molar-refractivity contribution in [3.05, 3.63) is 18.0 Å². The number of nitrogens with zero attached hydrogens (tertiary/aromatic N) is 2. The number of anilines is 1. The minimum Gasteiger partial charge on any atom is -0.382 e. The summed E-state index contributed by atoms with van der Waals surface area (Å²) in [6.07, 6.45) is -1.18. The summed E-state index contributed by atoms with van der Waals surface area (Å²) < 4.78 is 56.7. The van der Waals surface area contributed by atoms with Gasteiger partial charge < -0.3 is 10.5 Å². The van der Waals surface area contributed by atoms with Crippen molar-refractivity contribution < 1.29 is 14.3 Å². The summed E-state index contributed by atoms with van der Waals surface area (Å²) in [6, 6.07) is 0. The van der Waals surface area contributed by atoms with Crippen molar-refractivity contribution in [1.29, 1.82) is 0 Å². The molecule has 2 rings (SSSR count). The molecule has 1 fully saturated rings. The Kier molecular flexibility index (Phi) is 0.542. The lowest BCUT2D eigenvalue weighted by Gasteiger charge is -2.24. The summed E-state index contributed by atoms with van der Waals surface area (Å²) in [5.41, 5.74) is 4.66. The monoisotopic (exact) mass is 158 g/mol. The van der Waals surface area contributed by atoms with Gasteiger partial charge in [-0.05, 0) is 0 Å². The highest BCUT2D eigenvalue weighted by atomic mass is 16.5. The number of hydrogen-bond acceptors (Lipinski definition) is 4. The molecule has 4 heteroatoms. The molecule has 0 aromatic carbocycles. The Morgan fingerprint density at radius 2 is 2.55 bits per heavy atom. The van der Waals surface area contributed by atoms with Gasteiger partial charge in [0.05, 0.1) is 39.4 Å². The predicted octanol–water partition coefficient (Wildman–Crippen LogP) is 0.173. The van der Waals surface area contributed by atoms with Crippen LogP contribution in [0.25, 0.3) is 0 Å². The van der Waals surface area contributed by atoms with Crippen molar-refractivity contribution in [2.24, 2.45) is 0 Å². The quantitative estimate of drug-likeness (QED) is 0.633. The van der Waals surface area contributed by atoms with E-state index in [0.29, 0.717) is 0 Å². The smallest absolute Gasteiger partial charge is 0.141 e. The second kappa shape index (κ2) is 2.47. The normalized spacial score (nSPS) is 39.1. The van der Waals surface area contributed by atoms with Gasteiger partial charge in [0.2, 0.25) is 0 Å². The van der Waals surface area contributed by atoms with Crippen molar-refractivity contribution in [2.75, 3.05) is 18.9 Å². The van der Waals surface area contributed by atoms with Crippen molar-refractivity contribution in [1.82, 2.24) is 9.97 Å². The number of ether oxygens (including phenoxy) is 1. The Labute approximate surface area is 74.2 Å². The lowest BCUT2D eigenvalue weighted by atomic mass is 10.1.